The van der Waals surface area contributed by atoms with Crippen molar-refractivity contribution < 1.29 is 41.6 Å². The normalized spacial score (nSPS) is 17.1. The van der Waals surface area contributed by atoms with Gasteiger partial charge in [-0.15, -0.1) is 0 Å². The average molecular weight is 620 g/mol. The second kappa shape index (κ2) is 12.5. The second-order valence-electron chi connectivity index (χ2n) is 10.8. The van der Waals surface area contributed by atoms with Gasteiger partial charge in [0, 0.05) is 17.4 Å². The lowest BCUT2D eigenvalue weighted by atomic mass is 9.78. The van der Waals surface area contributed by atoms with Gasteiger partial charge in [0.05, 0.1) is 19.0 Å². The van der Waals surface area contributed by atoms with Crippen molar-refractivity contribution in [2.75, 3.05) is 18.9 Å². The summed E-state index contributed by atoms with van der Waals surface area (Å²) in [5.74, 6) is -1.75. The fraction of sp³-hybridized carbons (Fsp3) is 0.462. The van der Waals surface area contributed by atoms with Crippen molar-refractivity contribution in [2.24, 2.45) is 0 Å². The molecule has 4 rings (SSSR count). The Morgan fingerprint density at radius 1 is 1.19 bits per heavy atom. The molecule has 0 bridgehead atoms. The molecule has 3 heterocycles. The summed E-state index contributed by atoms with van der Waals surface area (Å²) in [5.41, 5.74) is 7.65. The van der Waals surface area contributed by atoms with Crippen molar-refractivity contribution in [3.8, 4) is 5.75 Å². The first-order valence-electron chi connectivity index (χ1n) is 13.2. The first-order chi connectivity index (χ1) is 20.1. The van der Waals surface area contributed by atoms with E-state index in [1.165, 1.54) is 12.7 Å². The highest BCUT2D eigenvalue weighted by atomic mass is 32.2. The molecule has 2 aromatic heterocycles. The maximum atomic E-state index is 12.9. The number of benzene rings is 1. The van der Waals surface area contributed by atoms with Crippen LogP contribution in [0, 0.1) is 13.8 Å². The van der Waals surface area contributed by atoms with E-state index in [9.17, 15) is 22.8 Å². The summed E-state index contributed by atoms with van der Waals surface area (Å²) in [6.45, 7) is 5.94. The number of hydrogen-bond acceptors (Lipinski definition) is 12. The predicted octanol–water partition coefficient (Wildman–Crippen LogP) is 1.62. The molecule has 232 valence electrons. The van der Waals surface area contributed by atoms with Crippen LogP contribution in [0.25, 0.3) is 11.2 Å². The summed E-state index contributed by atoms with van der Waals surface area (Å²) in [7, 11) is -4.48. The van der Waals surface area contributed by atoms with Gasteiger partial charge in [0.2, 0.25) is 5.91 Å². The van der Waals surface area contributed by atoms with E-state index in [1.54, 1.807) is 38.3 Å². The van der Waals surface area contributed by atoms with Crippen molar-refractivity contribution in [3.05, 3.63) is 41.5 Å². The van der Waals surface area contributed by atoms with Gasteiger partial charge < -0.3 is 25.6 Å². The minimum absolute atomic E-state index is 0.116. The zero-order chi connectivity index (χ0) is 31.5. The number of carboxylic acids is 1. The Balaban J connectivity index is 1.36. The quantitative estimate of drug-likeness (QED) is 0.239. The van der Waals surface area contributed by atoms with Crippen LogP contribution in [-0.2, 0) is 34.2 Å². The highest BCUT2D eigenvalue weighted by Gasteiger charge is 2.33. The maximum Gasteiger partial charge on any atom is 0.413 e. The number of rotatable bonds is 11. The van der Waals surface area contributed by atoms with Crippen molar-refractivity contribution >= 4 is 45.3 Å². The fourth-order valence-corrected chi connectivity index (χ4v) is 5.86. The molecule has 0 aliphatic carbocycles. The summed E-state index contributed by atoms with van der Waals surface area (Å²) in [6, 6.07) is 3.39. The summed E-state index contributed by atoms with van der Waals surface area (Å²) in [5, 5.41) is 10.9. The molecule has 17 heteroatoms. The van der Waals surface area contributed by atoms with E-state index >= 15 is 0 Å². The first kappa shape index (κ1) is 31.6. The van der Waals surface area contributed by atoms with Crippen LogP contribution in [0.4, 0.5) is 10.6 Å². The molecule has 1 aliphatic rings. The van der Waals surface area contributed by atoms with Crippen molar-refractivity contribution in [1.29, 1.82) is 0 Å². The van der Waals surface area contributed by atoms with E-state index in [-0.39, 0.29) is 24.6 Å². The molecule has 0 saturated carbocycles. The Kier molecular flexibility index (Phi) is 9.17. The molecule has 3 aromatic rings. The number of nitrogens with zero attached hydrogens (tertiary/aromatic N) is 4. The van der Waals surface area contributed by atoms with E-state index in [0.29, 0.717) is 35.1 Å². The lowest BCUT2D eigenvalue weighted by Gasteiger charge is -2.29. The fourth-order valence-electron chi connectivity index (χ4n) is 5.12. The number of imidazole rings is 1. The number of carbonyl (C=O) groups excluding carboxylic acids is 2. The van der Waals surface area contributed by atoms with Crippen LogP contribution in [0.2, 0.25) is 0 Å². The van der Waals surface area contributed by atoms with E-state index in [2.05, 4.69) is 20.3 Å². The van der Waals surface area contributed by atoms with Gasteiger partial charge in [-0.05, 0) is 43.9 Å². The van der Waals surface area contributed by atoms with Crippen LogP contribution in [0.3, 0.4) is 0 Å². The molecule has 43 heavy (non-hydrogen) atoms. The number of nitrogens with two attached hydrogens (primary N) is 1. The van der Waals surface area contributed by atoms with Crippen molar-refractivity contribution in [1.82, 2.24) is 29.6 Å². The Morgan fingerprint density at radius 3 is 2.65 bits per heavy atom. The lowest BCUT2D eigenvalue weighted by molar-refractivity contribution is -0.135. The summed E-state index contributed by atoms with van der Waals surface area (Å²) >= 11 is 0. The monoisotopic (exact) mass is 619 g/mol. The minimum atomic E-state index is -4.48. The number of nitrogen functional groups attached to an aromatic ring is 1. The highest BCUT2D eigenvalue weighted by Crippen LogP contribution is 2.38. The van der Waals surface area contributed by atoms with Gasteiger partial charge >= 0.3 is 22.4 Å². The summed E-state index contributed by atoms with van der Waals surface area (Å²) in [6.07, 6.45) is 1.52. The van der Waals surface area contributed by atoms with Crippen LogP contribution < -0.4 is 20.5 Å². The van der Waals surface area contributed by atoms with Crippen molar-refractivity contribution in [2.45, 2.75) is 64.7 Å². The molecule has 16 nitrogen and oxygen atoms in total. The Bertz CT molecular complexity index is 1660. The molecule has 0 spiro atoms. The average Bonchev–Trinajstić information content (AvgIpc) is 3.52. The first-order valence-corrected chi connectivity index (χ1v) is 14.6. The van der Waals surface area contributed by atoms with E-state index in [0.717, 1.165) is 5.56 Å². The van der Waals surface area contributed by atoms with Gasteiger partial charge in [0.1, 0.15) is 30.4 Å². The summed E-state index contributed by atoms with van der Waals surface area (Å²) < 4.78 is 45.2. The molecular weight excluding hydrogens is 586 g/mol. The Hall–Kier alpha value is -4.35. The molecule has 0 unspecified atom stereocenters. The zero-order valence-electron chi connectivity index (χ0n) is 24.0. The van der Waals surface area contributed by atoms with Gasteiger partial charge in [-0.3, -0.25) is 18.3 Å². The molecule has 1 aliphatic heterocycles. The van der Waals surface area contributed by atoms with E-state index in [1.807, 2.05) is 10.8 Å². The van der Waals surface area contributed by atoms with Gasteiger partial charge in [-0.1, -0.05) is 19.9 Å². The number of fused-ring (bicyclic) bond motifs is 1. The van der Waals surface area contributed by atoms with Crippen LogP contribution in [-0.4, -0.2) is 70.3 Å². The van der Waals surface area contributed by atoms with Gasteiger partial charge in [-0.25, -0.2) is 24.5 Å². The number of ether oxygens (including phenoxy) is 2. The highest BCUT2D eigenvalue weighted by molar-refractivity contribution is 7.85. The summed E-state index contributed by atoms with van der Waals surface area (Å²) in [4.78, 5) is 48.1. The minimum Gasteiger partial charge on any atom is -0.480 e. The van der Waals surface area contributed by atoms with Gasteiger partial charge in [0.15, 0.2) is 11.5 Å². The van der Waals surface area contributed by atoms with Crippen LogP contribution in [0.15, 0.2) is 24.8 Å². The standard InChI is InChI=1S/C26H33N7O9S/c1-14-7-15(2)21(17(8-14)42-25(37)28-10-20(35)36)26(3,4)9-18(34)32-43(38,39)40-11-16-5-6-19(41-16)33-13-31-22-23(27)29-12-30-24(22)33/h7-8,12-13,16,19H,5-6,9-11H2,1-4H3,(H,28,37)(H,32,34)(H,35,36)(H2,27,29,30)/t16-,19+/m0/s1. The number of anilines is 1. The molecule has 0 radical (unpaired) electrons. The largest absolute Gasteiger partial charge is 0.480 e. The van der Waals surface area contributed by atoms with Crippen LogP contribution >= 0.6 is 0 Å². The molecule has 1 fully saturated rings. The van der Waals surface area contributed by atoms with Crippen LogP contribution in [0.5, 0.6) is 5.75 Å². The number of carbonyl (C=O) groups is 3. The number of aromatic nitrogens is 4. The van der Waals surface area contributed by atoms with Crippen molar-refractivity contribution in [3.63, 3.8) is 0 Å². The van der Waals surface area contributed by atoms with Gasteiger partial charge in [-0.2, -0.15) is 8.42 Å². The Morgan fingerprint density at radius 2 is 1.93 bits per heavy atom. The zero-order valence-corrected chi connectivity index (χ0v) is 24.8. The molecule has 5 N–H and O–H groups in total. The number of hydrogen-bond donors (Lipinski definition) is 4. The second-order valence-corrected chi connectivity index (χ2v) is 12.1. The topological polar surface area (TPSA) is 227 Å². The lowest BCUT2D eigenvalue weighted by Crippen LogP contribution is -2.38. The number of carboxylic acid groups (broad SMARTS) is 1. The number of nitrogens with one attached hydrogen (secondary N) is 2. The third-order valence-corrected chi connectivity index (χ3v) is 7.66. The van der Waals surface area contributed by atoms with Gasteiger partial charge in [0.25, 0.3) is 0 Å². The molecule has 2 atom stereocenters. The number of aliphatic carboxylic acids is 1. The van der Waals surface area contributed by atoms with Crippen LogP contribution in [0.1, 0.15) is 56.0 Å². The number of aryl methyl sites for hydroxylation is 2. The maximum absolute atomic E-state index is 12.9. The van der Waals surface area contributed by atoms with E-state index < -0.39 is 52.6 Å². The van der Waals surface area contributed by atoms with E-state index in [4.69, 9.17) is 24.5 Å². The third kappa shape index (κ3) is 7.74. The number of amides is 2. The predicted molar refractivity (Wildman–Crippen MR) is 151 cm³/mol. The third-order valence-electron chi connectivity index (χ3n) is 6.74. The SMILES string of the molecule is Cc1cc(C)c(C(C)(C)CC(=O)NS(=O)(=O)OC[C@@H]2CC[C@H](n3cnc4c(N)ncnc43)O2)c(OC(=O)NCC(=O)O)c1. The molecular formula is C26H33N7O9S. The smallest absolute Gasteiger partial charge is 0.413 e. The molecule has 2 amide bonds. The molecule has 1 saturated heterocycles. The Labute approximate surface area is 247 Å². The molecule has 1 aromatic carbocycles.